The Kier molecular flexibility index (Phi) is 4.14. The van der Waals surface area contributed by atoms with Crippen LogP contribution in [0.2, 0.25) is 0 Å². The van der Waals surface area contributed by atoms with Gasteiger partial charge in [-0.2, -0.15) is 12.6 Å². The molecule has 2 aliphatic rings. The molecule has 24 heavy (non-hydrogen) atoms. The second kappa shape index (κ2) is 5.76. The summed E-state index contributed by atoms with van der Waals surface area (Å²) in [5, 5.41) is 0. The van der Waals surface area contributed by atoms with Gasteiger partial charge in [0.05, 0.1) is 22.3 Å². The minimum Gasteiger partial charge on any atom is -0.400 e. The summed E-state index contributed by atoms with van der Waals surface area (Å²) in [5.74, 6) is -0.781. The highest BCUT2D eigenvalue weighted by Crippen LogP contribution is 2.39. The van der Waals surface area contributed by atoms with E-state index < -0.39 is 30.3 Å². The minimum atomic E-state index is -0.617. The summed E-state index contributed by atoms with van der Waals surface area (Å²) >= 11 is 4.37. The summed E-state index contributed by atoms with van der Waals surface area (Å²) in [7, 11) is -0.505. The number of fused-ring (bicyclic) bond motifs is 1. The molecule has 0 saturated carbocycles. The van der Waals surface area contributed by atoms with Crippen LogP contribution < -0.4 is 0 Å². The zero-order valence-electron chi connectivity index (χ0n) is 14.1. The van der Waals surface area contributed by atoms with Crippen molar-refractivity contribution in [1.29, 1.82) is 0 Å². The molecule has 126 valence electrons. The average Bonchev–Trinajstić information content (AvgIpc) is 2.89. The average molecular weight is 346 g/mol. The number of hydrogen-bond acceptors (Lipinski definition) is 6. The van der Waals surface area contributed by atoms with Crippen LogP contribution in [0.15, 0.2) is 23.7 Å². The summed E-state index contributed by atoms with van der Waals surface area (Å²) in [6.45, 7) is 7.95. The van der Waals surface area contributed by atoms with Crippen LogP contribution in [0.3, 0.4) is 0 Å². The second-order valence-corrected chi connectivity index (χ2v) is 7.26. The topological polar surface area (TPSA) is 61.8 Å². The van der Waals surface area contributed by atoms with Crippen molar-refractivity contribution in [3.05, 3.63) is 40.4 Å². The predicted molar refractivity (Wildman–Crippen MR) is 94.1 cm³/mol. The van der Waals surface area contributed by atoms with E-state index in [4.69, 9.17) is 9.31 Å². The van der Waals surface area contributed by atoms with Crippen molar-refractivity contribution in [2.75, 3.05) is 5.75 Å². The summed E-state index contributed by atoms with van der Waals surface area (Å²) in [6.07, 6.45) is 1.87. The van der Waals surface area contributed by atoms with Gasteiger partial charge in [-0.25, -0.2) is 9.59 Å². The van der Waals surface area contributed by atoms with Gasteiger partial charge in [-0.3, -0.25) is 0 Å². The van der Waals surface area contributed by atoms with Crippen LogP contribution in [-0.2, 0) is 14.0 Å². The molecule has 3 rings (SSSR count). The lowest BCUT2D eigenvalue weighted by atomic mass is 9.78. The summed E-state index contributed by atoms with van der Waals surface area (Å²) in [6, 6.07) is 4.99. The maximum Gasteiger partial charge on any atom is 0.491 e. The quantitative estimate of drug-likeness (QED) is 0.395. The normalized spacial score (nSPS) is 21.9. The van der Waals surface area contributed by atoms with Gasteiger partial charge in [-0.15, -0.1) is 0 Å². The maximum atomic E-state index is 11.7. The van der Waals surface area contributed by atoms with Crippen LogP contribution in [0.4, 0.5) is 0 Å². The molecular weight excluding hydrogens is 327 g/mol. The highest BCUT2D eigenvalue weighted by molar-refractivity contribution is 7.80. The highest BCUT2D eigenvalue weighted by Gasteiger charge is 2.52. The van der Waals surface area contributed by atoms with Gasteiger partial charge < -0.3 is 14.0 Å². The van der Waals surface area contributed by atoms with Gasteiger partial charge >= 0.3 is 19.1 Å². The number of hydrogen-bond donors (Lipinski definition) is 1. The molecule has 0 bridgehead atoms. The fourth-order valence-electron chi connectivity index (χ4n) is 2.59. The maximum absolute atomic E-state index is 11.7. The molecule has 0 aliphatic carbocycles. The first-order valence-electron chi connectivity index (χ1n) is 7.72. The molecule has 5 nitrogen and oxygen atoms in total. The van der Waals surface area contributed by atoms with Crippen molar-refractivity contribution in [3.8, 4) is 0 Å². The number of cyclic esters (lactones) is 2. The van der Waals surface area contributed by atoms with Crippen molar-refractivity contribution >= 4 is 37.8 Å². The van der Waals surface area contributed by atoms with E-state index in [-0.39, 0.29) is 5.56 Å². The molecule has 0 amide bonds. The fourth-order valence-corrected chi connectivity index (χ4v) is 2.83. The standard InChI is InChI=1S/C17H19BO5S/c1-16(2)17(3,4)23-18(22-16)11(9-24)7-10-5-6-12-13(8-10)15(20)21-14(12)19/h5-8,24H,9H2,1-4H3. The van der Waals surface area contributed by atoms with E-state index in [9.17, 15) is 9.59 Å². The lowest BCUT2D eigenvalue weighted by Crippen LogP contribution is -2.41. The molecule has 1 fully saturated rings. The van der Waals surface area contributed by atoms with Crippen molar-refractivity contribution in [2.24, 2.45) is 0 Å². The molecule has 0 N–H and O–H groups in total. The molecule has 2 heterocycles. The Morgan fingerprint density at radius 3 is 2.25 bits per heavy atom. The van der Waals surface area contributed by atoms with Gasteiger partial charge in [-0.1, -0.05) is 12.1 Å². The van der Waals surface area contributed by atoms with Crippen LogP contribution in [0.5, 0.6) is 0 Å². The zero-order valence-corrected chi connectivity index (χ0v) is 15.0. The van der Waals surface area contributed by atoms with Gasteiger partial charge in [-0.05, 0) is 50.9 Å². The first-order valence-corrected chi connectivity index (χ1v) is 8.35. The number of benzene rings is 1. The molecule has 1 aromatic carbocycles. The van der Waals surface area contributed by atoms with Gasteiger partial charge in [0.15, 0.2) is 0 Å². The minimum absolute atomic E-state index is 0.279. The lowest BCUT2D eigenvalue weighted by molar-refractivity contribution is 0.00578. The smallest absolute Gasteiger partial charge is 0.400 e. The van der Waals surface area contributed by atoms with Crippen molar-refractivity contribution in [2.45, 2.75) is 38.9 Å². The van der Waals surface area contributed by atoms with E-state index in [0.29, 0.717) is 11.3 Å². The summed E-state index contributed by atoms with van der Waals surface area (Å²) in [5.41, 5.74) is 1.30. The molecular formula is C17H19BO5S. The lowest BCUT2D eigenvalue weighted by Gasteiger charge is -2.32. The molecule has 1 saturated heterocycles. The number of ether oxygens (including phenoxy) is 1. The van der Waals surface area contributed by atoms with Gasteiger partial charge in [0, 0.05) is 5.75 Å². The van der Waals surface area contributed by atoms with E-state index >= 15 is 0 Å². The second-order valence-electron chi connectivity index (χ2n) is 6.95. The van der Waals surface area contributed by atoms with Crippen LogP contribution >= 0.6 is 12.6 Å². The Morgan fingerprint density at radius 1 is 1.08 bits per heavy atom. The third-order valence-electron chi connectivity index (χ3n) is 4.76. The molecule has 0 spiro atoms. The number of rotatable bonds is 3. The number of carbonyl (C=O) groups is 2. The third kappa shape index (κ3) is 2.81. The molecule has 0 atom stereocenters. The molecule has 0 aromatic heterocycles. The number of esters is 2. The first-order chi connectivity index (χ1) is 11.1. The molecule has 7 heteroatoms. The van der Waals surface area contributed by atoms with Crippen molar-refractivity contribution in [1.82, 2.24) is 0 Å². The summed E-state index contributed by atoms with van der Waals surface area (Å²) in [4.78, 5) is 23.2. The van der Waals surface area contributed by atoms with E-state index in [2.05, 4.69) is 17.4 Å². The molecule has 2 aliphatic heterocycles. The Balaban J connectivity index is 1.92. The van der Waals surface area contributed by atoms with Crippen molar-refractivity contribution in [3.63, 3.8) is 0 Å². The van der Waals surface area contributed by atoms with Crippen molar-refractivity contribution < 1.29 is 23.6 Å². The van der Waals surface area contributed by atoms with Crippen LogP contribution in [0.25, 0.3) is 6.08 Å². The largest absolute Gasteiger partial charge is 0.491 e. The van der Waals surface area contributed by atoms with Crippen LogP contribution in [0, 0.1) is 0 Å². The van der Waals surface area contributed by atoms with Crippen LogP contribution in [-0.4, -0.2) is 36.0 Å². The number of thiol groups is 1. The first kappa shape index (κ1) is 17.3. The Morgan fingerprint density at radius 2 is 1.67 bits per heavy atom. The monoisotopic (exact) mass is 346 g/mol. The molecule has 0 unspecified atom stereocenters. The fraction of sp³-hybridized carbons (Fsp3) is 0.412. The van der Waals surface area contributed by atoms with E-state index in [1.165, 1.54) is 0 Å². The van der Waals surface area contributed by atoms with Gasteiger partial charge in [0.25, 0.3) is 0 Å². The number of carbonyl (C=O) groups excluding carboxylic acids is 2. The van der Waals surface area contributed by atoms with Gasteiger partial charge in [0.1, 0.15) is 0 Å². The Hall–Kier alpha value is -1.57. The Bertz CT molecular complexity index is 737. The predicted octanol–water partition coefficient (Wildman–Crippen LogP) is 2.94. The zero-order chi connectivity index (χ0) is 17.7. The SMILES string of the molecule is CC1(C)OB(C(=Cc2ccc3c(c2)C(=O)OC3=O)CS)OC1(C)C. The third-order valence-corrected chi connectivity index (χ3v) is 5.12. The molecule has 1 aromatic rings. The Labute approximate surface area is 146 Å². The van der Waals surface area contributed by atoms with Crippen LogP contribution in [0.1, 0.15) is 54.0 Å². The van der Waals surface area contributed by atoms with E-state index in [1.54, 1.807) is 18.2 Å². The van der Waals surface area contributed by atoms with E-state index in [1.807, 2.05) is 33.8 Å². The van der Waals surface area contributed by atoms with E-state index in [0.717, 1.165) is 11.0 Å². The summed E-state index contributed by atoms with van der Waals surface area (Å²) < 4.78 is 16.7. The molecule has 0 radical (unpaired) electrons. The van der Waals surface area contributed by atoms with Gasteiger partial charge in [0.2, 0.25) is 0 Å². The highest BCUT2D eigenvalue weighted by atomic mass is 32.1.